The van der Waals surface area contributed by atoms with Gasteiger partial charge in [0.05, 0.1) is 0 Å². The molecule has 124 valence electrons. The number of hydrogen-bond donors (Lipinski definition) is 0. The van der Waals surface area contributed by atoms with E-state index in [1.54, 1.807) is 24.3 Å². The molecule has 0 unspecified atom stereocenters. The molecule has 0 spiro atoms. The molecule has 0 bridgehead atoms. The molecule has 1 aliphatic carbocycles. The number of ketones is 1. The van der Waals surface area contributed by atoms with E-state index in [-0.39, 0.29) is 18.1 Å². The van der Waals surface area contributed by atoms with Crippen LogP contribution in [0.15, 0.2) is 24.3 Å². The number of nitrogens with zero attached hydrogens (tertiary/aromatic N) is 2. The van der Waals surface area contributed by atoms with Gasteiger partial charge in [0.1, 0.15) is 0 Å². The Morgan fingerprint density at radius 1 is 1.00 bits per heavy atom. The summed E-state index contributed by atoms with van der Waals surface area (Å²) in [5.74, 6) is 0.101. The maximum absolute atomic E-state index is 12.3. The first-order valence-corrected chi connectivity index (χ1v) is 8.82. The SMILES string of the molecule is O=C(CCC(=O)N1CCN(C2CCC2)CC1)c1ccc(Cl)cc1. The molecule has 0 radical (unpaired) electrons. The normalized spacial score (nSPS) is 19.4. The third-order valence-electron chi connectivity index (χ3n) is 4.99. The highest BCUT2D eigenvalue weighted by Crippen LogP contribution is 2.25. The van der Waals surface area contributed by atoms with Crippen molar-refractivity contribution in [1.82, 2.24) is 9.80 Å². The van der Waals surface area contributed by atoms with Crippen LogP contribution in [0.5, 0.6) is 0 Å². The number of benzene rings is 1. The van der Waals surface area contributed by atoms with Crippen molar-refractivity contribution in [1.29, 1.82) is 0 Å². The number of piperazine rings is 1. The predicted octanol–water partition coefficient (Wildman–Crippen LogP) is 3.00. The van der Waals surface area contributed by atoms with Gasteiger partial charge in [0.25, 0.3) is 0 Å². The zero-order valence-corrected chi connectivity index (χ0v) is 14.1. The highest BCUT2D eigenvalue weighted by Gasteiger charge is 2.29. The maximum atomic E-state index is 12.3. The maximum Gasteiger partial charge on any atom is 0.223 e. The van der Waals surface area contributed by atoms with E-state index in [4.69, 9.17) is 11.6 Å². The lowest BCUT2D eigenvalue weighted by Gasteiger charge is -2.43. The average Bonchev–Trinajstić information content (AvgIpc) is 2.52. The summed E-state index contributed by atoms with van der Waals surface area (Å²) in [6.07, 6.45) is 4.53. The Hall–Kier alpha value is -1.39. The van der Waals surface area contributed by atoms with Crippen molar-refractivity contribution in [3.63, 3.8) is 0 Å². The zero-order valence-electron chi connectivity index (χ0n) is 13.3. The summed E-state index contributed by atoms with van der Waals surface area (Å²) in [5, 5.41) is 0.613. The molecule has 1 aliphatic heterocycles. The lowest BCUT2D eigenvalue weighted by molar-refractivity contribution is -0.133. The van der Waals surface area contributed by atoms with Crippen molar-refractivity contribution in [2.24, 2.45) is 0 Å². The molecule has 1 saturated carbocycles. The molecule has 1 saturated heterocycles. The van der Waals surface area contributed by atoms with E-state index in [0.29, 0.717) is 17.0 Å². The van der Waals surface area contributed by atoms with E-state index in [0.717, 1.165) is 32.2 Å². The molecule has 4 nitrogen and oxygen atoms in total. The van der Waals surface area contributed by atoms with Crippen molar-refractivity contribution < 1.29 is 9.59 Å². The molecule has 5 heteroatoms. The highest BCUT2D eigenvalue weighted by atomic mass is 35.5. The molecular formula is C18H23ClN2O2. The van der Waals surface area contributed by atoms with Gasteiger partial charge in [0, 0.05) is 55.6 Å². The first-order chi connectivity index (χ1) is 11.1. The summed E-state index contributed by atoms with van der Waals surface area (Å²) < 4.78 is 0. The van der Waals surface area contributed by atoms with Crippen LogP contribution < -0.4 is 0 Å². The van der Waals surface area contributed by atoms with Crippen LogP contribution in [0.25, 0.3) is 0 Å². The van der Waals surface area contributed by atoms with E-state index in [9.17, 15) is 9.59 Å². The van der Waals surface area contributed by atoms with E-state index in [1.807, 2.05) is 4.90 Å². The second kappa shape index (κ2) is 7.45. The Morgan fingerprint density at radius 3 is 2.22 bits per heavy atom. The minimum atomic E-state index is 0.00289. The van der Waals surface area contributed by atoms with Crippen molar-refractivity contribution in [3.8, 4) is 0 Å². The standard InChI is InChI=1S/C18H23ClN2O2/c19-15-6-4-14(5-7-15)17(22)8-9-18(23)21-12-10-20(11-13-21)16-2-1-3-16/h4-7,16H,1-3,8-13H2. The highest BCUT2D eigenvalue weighted by molar-refractivity contribution is 6.30. The van der Waals surface area contributed by atoms with Crippen LogP contribution in [0.2, 0.25) is 5.02 Å². The largest absolute Gasteiger partial charge is 0.340 e. The van der Waals surface area contributed by atoms with Crippen LogP contribution in [-0.2, 0) is 4.79 Å². The van der Waals surface area contributed by atoms with Gasteiger partial charge in [-0.2, -0.15) is 0 Å². The molecular weight excluding hydrogens is 312 g/mol. The van der Waals surface area contributed by atoms with Crippen molar-refractivity contribution in [3.05, 3.63) is 34.9 Å². The fraction of sp³-hybridized carbons (Fsp3) is 0.556. The average molecular weight is 335 g/mol. The van der Waals surface area contributed by atoms with E-state index < -0.39 is 0 Å². The van der Waals surface area contributed by atoms with Crippen LogP contribution in [0, 0.1) is 0 Å². The topological polar surface area (TPSA) is 40.6 Å². The van der Waals surface area contributed by atoms with Gasteiger partial charge < -0.3 is 4.90 Å². The molecule has 0 N–H and O–H groups in total. The molecule has 1 aromatic carbocycles. The minimum absolute atomic E-state index is 0.00289. The van der Waals surface area contributed by atoms with Gasteiger partial charge in [-0.25, -0.2) is 0 Å². The number of Topliss-reactive ketones (excluding diaryl/α,β-unsaturated/α-hetero) is 1. The summed E-state index contributed by atoms with van der Waals surface area (Å²) in [7, 11) is 0. The van der Waals surface area contributed by atoms with Gasteiger partial charge >= 0.3 is 0 Å². The second-order valence-corrected chi connectivity index (χ2v) is 6.87. The fourth-order valence-corrected chi connectivity index (χ4v) is 3.37. The summed E-state index contributed by atoms with van der Waals surface area (Å²) in [5.41, 5.74) is 0.622. The van der Waals surface area contributed by atoms with Crippen molar-refractivity contribution >= 4 is 23.3 Å². The Bertz CT molecular complexity index is 561. The van der Waals surface area contributed by atoms with Crippen LogP contribution in [-0.4, -0.2) is 53.7 Å². The fourth-order valence-electron chi connectivity index (χ4n) is 3.25. The third-order valence-corrected chi connectivity index (χ3v) is 5.24. The molecule has 0 aromatic heterocycles. The number of amides is 1. The Kier molecular flexibility index (Phi) is 5.34. The smallest absolute Gasteiger partial charge is 0.223 e. The van der Waals surface area contributed by atoms with Gasteiger partial charge in [-0.1, -0.05) is 18.0 Å². The number of halogens is 1. The number of carbonyl (C=O) groups excluding carboxylic acids is 2. The Labute approximate surface area is 142 Å². The zero-order chi connectivity index (χ0) is 16.2. The molecule has 0 atom stereocenters. The molecule has 2 fully saturated rings. The van der Waals surface area contributed by atoms with Gasteiger partial charge in [0.15, 0.2) is 5.78 Å². The van der Waals surface area contributed by atoms with Gasteiger partial charge in [-0.15, -0.1) is 0 Å². The first-order valence-electron chi connectivity index (χ1n) is 8.44. The first kappa shape index (κ1) is 16.5. The lowest BCUT2D eigenvalue weighted by atomic mass is 9.91. The molecule has 23 heavy (non-hydrogen) atoms. The van der Waals surface area contributed by atoms with Crippen molar-refractivity contribution in [2.45, 2.75) is 38.1 Å². The van der Waals surface area contributed by atoms with E-state index in [1.165, 1.54) is 19.3 Å². The number of rotatable bonds is 5. The predicted molar refractivity (Wildman–Crippen MR) is 90.8 cm³/mol. The van der Waals surface area contributed by atoms with Crippen LogP contribution in [0.1, 0.15) is 42.5 Å². The Morgan fingerprint density at radius 2 is 1.65 bits per heavy atom. The number of hydrogen-bond acceptors (Lipinski definition) is 3. The molecule has 1 aromatic rings. The lowest BCUT2D eigenvalue weighted by Crippen LogP contribution is -2.53. The monoisotopic (exact) mass is 334 g/mol. The molecule has 2 aliphatic rings. The van der Waals surface area contributed by atoms with Gasteiger partial charge in [-0.3, -0.25) is 14.5 Å². The summed E-state index contributed by atoms with van der Waals surface area (Å²) >= 11 is 5.82. The third kappa shape index (κ3) is 4.12. The number of carbonyl (C=O) groups is 2. The van der Waals surface area contributed by atoms with E-state index in [2.05, 4.69) is 4.90 Å². The molecule has 1 amide bonds. The summed E-state index contributed by atoms with van der Waals surface area (Å²) in [4.78, 5) is 28.8. The summed E-state index contributed by atoms with van der Waals surface area (Å²) in [6, 6.07) is 7.59. The van der Waals surface area contributed by atoms with E-state index >= 15 is 0 Å². The van der Waals surface area contributed by atoms with Crippen LogP contribution in [0.3, 0.4) is 0 Å². The van der Waals surface area contributed by atoms with Crippen LogP contribution in [0.4, 0.5) is 0 Å². The summed E-state index contributed by atoms with van der Waals surface area (Å²) in [6.45, 7) is 3.54. The van der Waals surface area contributed by atoms with Gasteiger partial charge in [0.2, 0.25) is 5.91 Å². The van der Waals surface area contributed by atoms with Crippen molar-refractivity contribution in [2.75, 3.05) is 26.2 Å². The minimum Gasteiger partial charge on any atom is -0.340 e. The molecule has 1 heterocycles. The second-order valence-electron chi connectivity index (χ2n) is 6.43. The quantitative estimate of drug-likeness (QED) is 0.777. The molecule has 3 rings (SSSR count). The Balaban J connectivity index is 1.42. The van der Waals surface area contributed by atoms with Gasteiger partial charge in [-0.05, 0) is 37.1 Å². The van der Waals surface area contributed by atoms with Crippen LogP contribution >= 0.6 is 11.6 Å².